The van der Waals surface area contributed by atoms with E-state index in [1.165, 1.54) is 6.42 Å². The molecule has 1 aliphatic heterocycles. The van der Waals surface area contributed by atoms with E-state index >= 15 is 0 Å². The van der Waals surface area contributed by atoms with Gasteiger partial charge in [0, 0.05) is 31.9 Å². The molecule has 130 valence electrons. The number of rotatable bonds is 4. The van der Waals surface area contributed by atoms with Gasteiger partial charge in [-0.25, -0.2) is 9.97 Å². The fraction of sp³-hybridized carbons (Fsp3) is 0.444. The minimum atomic E-state index is -0.0140. The summed E-state index contributed by atoms with van der Waals surface area (Å²) in [5, 5.41) is 4.20. The van der Waals surface area contributed by atoms with Gasteiger partial charge in [0.1, 0.15) is 18.3 Å². The lowest BCUT2D eigenvalue weighted by Gasteiger charge is -2.32. The van der Waals surface area contributed by atoms with Gasteiger partial charge in [0.05, 0.1) is 5.69 Å². The molecule has 1 unspecified atom stereocenters. The fourth-order valence-electron chi connectivity index (χ4n) is 3.60. The molecular formula is C18H22N6O. The molecular weight excluding hydrogens is 316 g/mol. The average Bonchev–Trinajstić information content (AvgIpc) is 3.09. The number of piperidine rings is 1. The monoisotopic (exact) mass is 338 g/mol. The van der Waals surface area contributed by atoms with Crippen molar-refractivity contribution in [2.75, 3.05) is 13.1 Å². The quantitative estimate of drug-likeness (QED) is 0.721. The summed E-state index contributed by atoms with van der Waals surface area (Å²) in [5.74, 6) is 0.555. The third-order valence-electron chi connectivity index (χ3n) is 4.76. The van der Waals surface area contributed by atoms with E-state index in [-0.39, 0.29) is 5.56 Å². The molecule has 25 heavy (non-hydrogen) atoms. The molecule has 0 aliphatic carbocycles. The third-order valence-corrected chi connectivity index (χ3v) is 4.76. The molecule has 3 aromatic heterocycles. The van der Waals surface area contributed by atoms with Crippen LogP contribution in [0.2, 0.25) is 0 Å². The van der Waals surface area contributed by atoms with Crippen molar-refractivity contribution in [1.29, 1.82) is 0 Å². The van der Waals surface area contributed by atoms with Gasteiger partial charge in [-0.2, -0.15) is 5.10 Å². The van der Waals surface area contributed by atoms with Crippen molar-refractivity contribution >= 4 is 5.65 Å². The van der Waals surface area contributed by atoms with E-state index in [1.807, 2.05) is 29.9 Å². The Bertz CT molecular complexity index is 917. The Balaban J connectivity index is 1.48. The molecule has 0 radical (unpaired) electrons. The summed E-state index contributed by atoms with van der Waals surface area (Å²) < 4.78 is 3.51. The van der Waals surface area contributed by atoms with Gasteiger partial charge in [-0.15, -0.1) is 0 Å². The van der Waals surface area contributed by atoms with Crippen molar-refractivity contribution in [3.63, 3.8) is 0 Å². The lowest BCUT2D eigenvalue weighted by molar-refractivity contribution is 0.152. The molecule has 0 bridgehead atoms. The van der Waals surface area contributed by atoms with Crippen LogP contribution < -0.4 is 5.56 Å². The SMILES string of the molecule is Cc1ccc2nc(CN3CCCC(Cn4cncn4)C3)cc(=O)n2c1. The molecule has 4 heterocycles. The zero-order valence-corrected chi connectivity index (χ0v) is 14.4. The van der Waals surface area contributed by atoms with E-state index in [4.69, 9.17) is 0 Å². The van der Waals surface area contributed by atoms with Crippen molar-refractivity contribution in [3.8, 4) is 0 Å². The van der Waals surface area contributed by atoms with Gasteiger partial charge in [-0.05, 0) is 43.9 Å². The highest BCUT2D eigenvalue weighted by atomic mass is 16.1. The fourth-order valence-corrected chi connectivity index (χ4v) is 3.60. The molecule has 1 saturated heterocycles. The second-order valence-electron chi connectivity index (χ2n) is 6.88. The summed E-state index contributed by atoms with van der Waals surface area (Å²) >= 11 is 0. The third kappa shape index (κ3) is 3.61. The molecule has 0 aromatic carbocycles. The van der Waals surface area contributed by atoms with Crippen molar-refractivity contribution in [1.82, 2.24) is 29.0 Å². The predicted octanol–water partition coefficient (Wildman–Crippen LogP) is 1.51. The normalized spacial score (nSPS) is 18.7. The van der Waals surface area contributed by atoms with Crippen LogP contribution >= 0.6 is 0 Å². The molecule has 0 amide bonds. The Hall–Kier alpha value is -2.54. The second-order valence-corrected chi connectivity index (χ2v) is 6.88. The van der Waals surface area contributed by atoms with E-state index in [9.17, 15) is 4.79 Å². The van der Waals surface area contributed by atoms with Crippen LogP contribution in [-0.2, 0) is 13.1 Å². The molecule has 1 aliphatic rings. The first-order valence-electron chi connectivity index (χ1n) is 8.71. The smallest absolute Gasteiger partial charge is 0.258 e. The Kier molecular flexibility index (Phi) is 4.31. The van der Waals surface area contributed by atoms with Crippen LogP contribution in [-0.4, -0.2) is 42.1 Å². The van der Waals surface area contributed by atoms with Crippen LogP contribution in [0.4, 0.5) is 0 Å². The number of pyridine rings is 1. The summed E-state index contributed by atoms with van der Waals surface area (Å²) in [7, 11) is 0. The standard InChI is InChI=1S/C18H22N6O/c1-14-4-5-17-21-16(7-18(25)24(17)8-14)11-22-6-2-3-15(9-22)10-23-13-19-12-20-23/h4-5,7-8,12-13,15H,2-3,6,9-11H2,1H3. The zero-order valence-electron chi connectivity index (χ0n) is 14.4. The number of aromatic nitrogens is 5. The summed E-state index contributed by atoms with van der Waals surface area (Å²) in [6.45, 7) is 5.62. The molecule has 0 N–H and O–H groups in total. The summed E-state index contributed by atoms with van der Waals surface area (Å²) in [5.41, 5.74) is 2.59. The van der Waals surface area contributed by atoms with E-state index in [2.05, 4.69) is 20.0 Å². The molecule has 7 nitrogen and oxygen atoms in total. The maximum absolute atomic E-state index is 12.4. The maximum Gasteiger partial charge on any atom is 0.258 e. The van der Waals surface area contributed by atoms with Crippen LogP contribution in [0, 0.1) is 12.8 Å². The zero-order chi connectivity index (χ0) is 17.2. The number of hydrogen-bond acceptors (Lipinski definition) is 5. The molecule has 0 spiro atoms. The van der Waals surface area contributed by atoms with Crippen molar-refractivity contribution in [2.24, 2.45) is 5.92 Å². The number of likely N-dealkylation sites (tertiary alicyclic amines) is 1. The van der Waals surface area contributed by atoms with Gasteiger partial charge in [-0.1, -0.05) is 6.07 Å². The Labute approximate surface area is 145 Å². The molecule has 3 aromatic rings. The van der Waals surface area contributed by atoms with E-state index in [0.29, 0.717) is 18.1 Å². The van der Waals surface area contributed by atoms with Crippen molar-refractivity contribution in [2.45, 2.75) is 32.9 Å². The average molecular weight is 338 g/mol. The lowest BCUT2D eigenvalue weighted by atomic mass is 9.98. The van der Waals surface area contributed by atoms with Gasteiger partial charge >= 0.3 is 0 Å². The highest BCUT2D eigenvalue weighted by molar-refractivity contribution is 5.39. The summed E-state index contributed by atoms with van der Waals surface area (Å²) in [6, 6.07) is 5.55. The van der Waals surface area contributed by atoms with E-state index < -0.39 is 0 Å². The molecule has 1 fully saturated rings. The van der Waals surface area contributed by atoms with Gasteiger partial charge in [0.15, 0.2) is 0 Å². The van der Waals surface area contributed by atoms with Gasteiger partial charge in [0.2, 0.25) is 0 Å². The number of nitrogens with zero attached hydrogens (tertiary/aromatic N) is 6. The highest BCUT2D eigenvalue weighted by Crippen LogP contribution is 2.19. The van der Waals surface area contributed by atoms with Gasteiger partial charge in [0.25, 0.3) is 5.56 Å². The maximum atomic E-state index is 12.4. The minimum absolute atomic E-state index is 0.0140. The van der Waals surface area contributed by atoms with Crippen molar-refractivity contribution in [3.05, 3.63) is 58.7 Å². The molecule has 1 atom stereocenters. The van der Waals surface area contributed by atoms with Crippen molar-refractivity contribution < 1.29 is 0 Å². The number of aryl methyl sites for hydroxylation is 1. The summed E-state index contributed by atoms with van der Waals surface area (Å²) in [4.78, 5) is 23.4. The van der Waals surface area contributed by atoms with Crippen LogP contribution in [0.5, 0.6) is 0 Å². The first-order valence-corrected chi connectivity index (χ1v) is 8.71. The largest absolute Gasteiger partial charge is 0.297 e. The Morgan fingerprint density at radius 3 is 3.08 bits per heavy atom. The van der Waals surface area contributed by atoms with Crippen LogP contribution in [0.15, 0.2) is 41.8 Å². The molecule has 4 rings (SSSR count). The Morgan fingerprint density at radius 2 is 2.24 bits per heavy atom. The first kappa shape index (κ1) is 16.0. The van der Waals surface area contributed by atoms with Crippen LogP contribution in [0.25, 0.3) is 5.65 Å². The topological polar surface area (TPSA) is 68.3 Å². The molecule has 7 heteroatoms. The number of hydrogen-bond donors (Lipinski definition) is 0. The lowest BCUT2D eigenvalue weighted by Crippen LogP contribution is -2.37. The first-order chi connectivity index (χ1) is 12.2. The second kappa shape index (κ2) is 6.76. The van der Waals surface area contributed by atoms with Crippen LogP contribution in [0.3, 0.4) is 0 Å². The van der Waals surface area contributed by atoms with Crippen LogP contribution in [0.1, 0.15) is 24.1 Å². The highest BCUT2D eigenvalue weighted by Gasteiger charge is 2.21. The predicted molar refractivity (Wildman–Crippen MR) is 94.2 cm³/mol. The molecule has 0 saturated carbocycles. The summed E-state index contributed by atoms with van der Waals surface area (Å²) in [6.07, 6.45) is 7.54. The van der Waals surface area contributed by atoms with E-state index in [1.54, 1.807) is 23.1 Å². The Morgan fingerprint density at radius 1 is 1.32 bits per heavy atom. The minimum Gasteiger partial charge on any atom is -0.297 e. The van der Waals surface area contributed by atoms with Gasteiger partial charge < -0.3 is 0 Å². The van der Waals surface area contributed by atoms with Gasteiger partial charge in [-0.3, -0.25) is 18.8 Å². The van der Waals surface area contributed by atoms with E-state index in [0.717, 1.165) is 37.3 Å². The number of fused-ring (bicyclic) bond motifs is 1.